The van der Waals surface area contributed by atoms with Crippen LogP contribution in [0.25, 0.3) is 0 Å². The minimum absolute atomic E-state index is 0.0368. The first kappa shape index (κ1) is 17.5. The Balaban J connectivity index is 3.20. The lowest BCUT2D eigenvalue weighted by Crippen LogP contribution is -2.18. The molecule has 0 heterocycles. The molecule has 0 spiro atoms. The molecule has 0 unspecified atom stereocenters. The topological polar surface area (TPSA) is 17.1 Å². The highest BCUT2D eigenvalue weighted by Crippen LogP contribution is 2.30. The molecule has 114 valence electrons. The molecular weight excluding hydrogens is 256 g/mol. The summed E-state index contributed by atoms with van der Waals surface area (Å²) >= 11 is 0. The average Bonchev–Trinajstić information content (AvgIpc) is 2.36. The van der Waals surface area contributed by atoms with Crippen molar-refractivity contribution in [3.63, 3.8) is 0 Å². The maximum absolute atomic E-state index is 12.4. The van der Waals surface area contributed by atoms with Crippen LogP contribution in [0.4, 0.5) is 0 Å². The highest BCUT2D eigenvalue weighted by Gasteiger charge is 2.21. The fourth-order valence-corrected chi connectivity index (χ4v) is 2.15. The Labute approximate surface area is 130 Å². The second kappa shape index (κ2) is 6.48. The van der Waals surface area contributed by atoms with E-state index in [-0.39, 0.29) is 16.6 Å². The molecule has 0 amide bonds. The van der Waals surface area contributed by atoms with Crippen LogP contribution in [0.5, 0.6) is 0 Å². The van der Waals surface area contributed by atoms with Gasteiger partial charge in [0.05, 0.1) is 0 Å². The van der Waals surface area contributed by atoms with Crippen molar-refractivity contribution in [2.45, 2.75) is 71.6 Å². The molecule has 0 fully saturated rings. The Morgan fingerprint density at radius 3 is 1.86 bits per heavy atom. The summed E-state index contributed by atoms with van der Waals surface area (Å²) in [7, 11) is 0. The van der Waals surface area contributed by atoms with E-state index in [1.807, 2.05) is 12.1 Å². The molecule has 1 heteroatoms. The summed E-state index contributed by atoms with van der Waals surface area (Å²) in [5, 5.41) is 0. The summed E-state index contributed by atoms with van der Waals surface area (Å²) in [5.74, 6) is 2.79. The second-order valence-corrected chi connectivity index (χ2v) is 7.78. The van der Waals surface area contributed by atoms with E-state index < -0.39 is 0 Å². The Morgan fingerprint density at radius 1 is 1.00 bits per heavy atom. The van der Waals surface area contributed by atoms with E-state index in [0.29, 0.717) is 12.8 Å². The van der Waals surface area contributed by atoms with Crippen molar-refractivity contribution in [3.8, 4) is 12.3 Å². The van der Waals surface area contributed by atoms with Gasteiger partial charge in [-0.05, 0) is 40.5 Å². The van der Waals surface area contributed by atoms with Gasteiger partial charge in [0, 0.05) is 18.4 Å². The number of hydrogen-bond acceptors (Lipinski definition) is 1. The van der Waals surface area contributed by atoms with Gasteiger partial charge in [-0.2, -0.15) is 0 Å². The highest BCUT2D eigenvalue weighted by atomic mass is 16.1. The summed E-state index contributed by atoms with van der Waals surface area (Å²) in [6.45, 7) is 13.1. The van der Waals surface area contributed by atoms with Gasteiger partial charge in [0.15, 0.2) is 5.78 Å². The lowest BCUT2D eigenvalue weighted by molar-refractivity contribution is 0.0980. The minimum Gasteiger partial charge on any atom is -0.294 e. The first-order chi connectivity index (χ1) is 9.55. The zero-order valence-electron chi connectivity index (χ0n) is 14.3. The SMILES string of the molecule is C#CCCCC(=O)c1cc(C(C)(C)C)cc(C(C)(C)C)c1. The van der Waals surface area contributed by atoms with Crippen LogP contribution in [0.2, 0.25) is 0 Å². The summed E-state index contributed by atoms with van der Waals surface area (Å²) < 4.78 is 0. The third-order valence-electron chi connectivity index (χ3n) is 3.71. The maximum Gasteiger partial charge on any atom is 0.162 e. The molecule has 21 heavy (non-hydrogen) atoms. The monoisotopic (exact) mass is 284 g/mol. The van der Waals surface area contributed by atoms with Crippen molar-refractivity contribution in [1.29, 1.82) is 0 Å². The van der Waals surface area contributed by atoms with Gasteiger partial charge in [-0.25, -0.2) is 0 Å². The number of Topliss-reactive ketones (excluding diaryl/α,β-unsaturated/α-hetero) is 1. The molecule has 0 aromatic heterocycles. The lowest BCUT2D eigenvalue weighted by atomic mass is 9.79. The second-order valence-electron chi connectivity index (χ2n) is 7.78. The van der Waals surface area contributed by atoms with E-state index in [0.717, 1.165) is 12.0 Å². The van der Waals surface area contributed by atoms with Gasteiger partial charge in [-0.1, -0.05) is 47.6 Å². The first-order valence-corrected chi connectivity index (χ1v) is 7.68. The van der Waals surface area contributed by atoms with E-state index in [9.17, 15) is 4.79 Å². The van der Waals surface area contributed by atoms with Crippen LogP contribution in [0.3, 0.4) is 0 Å². The Bertz CT molecular complexity index is 512. The van der Waals surface area contributed by atoms with Crippen molar-refractivity contribution >= 4 is 5.78 Å². The van der Waals surface area contributed by atoms with Crippen LogP contribution in [-0.2, 0) is 10.8 Å². The van der Waals surface area contributed by atoms with E-state index in [1.165, 1.54) is 11.1 Å². The van der Waals surface area contributed by atoms with E-state index >= 15 is 0 Å². The number of rotatable bonds is 4. The van der Waals surface area contributed by atoms with Crippen LogP contribution in [0.15, 0.2) is 18.2 Å². The van der Waals surface area contributed by atoms with E-state index in [4.69, 9.17) is 6.42 Å². The van der Waals surface area contributed by atoms with Crippen molar-refractivity contribution in [3.05, 3.63) is 34.9 Å². The molecule has 0 saturated heterocycles. The molecule has 0 N–H and O–H groups in total. The third-order valence-corrected chi connectivity index (χ3v) is 3.71. The number of hydrogen-bond donors (Lipinski definition) is 0. The summed E-state index contributed by atoms with van der Waals surface area (Å²) in [4.78, 5) is 12.4. The molecular formula is C20H28O. The quantitative estimate of drug-likeness (QED) is 0.418. The van der Waals surface area contributed by atoms with Crippen LogP contribution < -0.4 is 0 Å². The number of benzene rings is 1. The van der Waals surface area contributed by atoms with Gasteiger partial charge in [0.25, 0.3) is 0 Å². The summed E-state index contributed by atoms with van der Waals surface area (Å²) in [6.07, 6.45) is 7.21. The predicted molar refractivity (Wildman–Crippen MR) is 90.9 cm³/mol. The minimum atomic E-state index is 0.0368. The largest absolute Gasteiger partial charge is 0.294 e. The Kier molecular flexibility index (Phi) is 5.40. The number of unbranched alkanes of at least 4 members (excludes halogenated alkanes) is 1. The van der Waals surface area contributed by atoms with Crippen molar-refractivity contribution < 1.29 is 4.79 Å². The fourth-order valence-electron chi connectivity index (χ4n) is 2.15. The van der Waals surface area contributed by atoms with Crippen molar-refractivity contribution in [2.24, 2.45) is 0 Å². The number of carbonyl (C=O) groups is 1. The standard InChI is InChI=1S/C20H28O/c1-8-9-10-11-18(21)15-12-16(19(2,3)4)14-17(13-15)20(5,6)7/h1,12-14H,9-11H2,2-7H3. The molecule has 0 aliphatic heterocycles. The fraction of sp³-hybridized carbons (Fsp3) is 0.550. The van der Waals surface area contributed by atoms with Gasteiger partial charge in [-0.3, -0.25) is 4.79 Å². The molecule has 0 aliphatic rings. The summed E-state index contributed by atoms with van der Waals surface area (Å²) in [6, 6.07) is 6.33. The lowest BCUT2D eigenvalue weighted by Gasteiger charge is -2.26. The first-order valence-electron chi connectivity index (χ1n) is 7.68. The molecule has 0 radical (unpaired) electrons. The van der Waals surface area contributed by atoms with Crippen molar-refractivity contribution in [2.75, 3.05) is 0 Å². The smallest absolute Gasteiger partial charge is 0.162 e. The number of ketones is 1. The molecule has 0 aliphatic carbocycles. The van der Waals surface area contributed by atoms with E-state index in [1.54, 1.807) is 0 Å². The van der Waals surface area contributed by atoms with Crippen LogP contribution in [0.1, 0.15) is 82.3 Å². The highest BCUT2D eigenvalue weighted by molar-refractivity contribution is 5.96. The van der Waals surface area contributed by atoms with Gasteiger partial charge in [-0.15, -0.1) is 12.3 Å². The van der Waals surface area contributed by atoms with Crippen LogP contribution >= 0.6 is 0 Å². The predicted octanol–water partition coefficient (Wildman–Crippen LogP) is 5.27. The van der Waals surface area contributed by atoms with Gasteiger partial charge in [0.2, 0.25) is 0 Å². The molecule has 0 bridgehead atoms. The molecule has 1 aromatic rings. The zero-order chi connectivity index (χ0) is 16.3. The third kappa shape index (κ3) is 5.05. The maximum atomic E-state index is 12.4. The van der Waals surface area contributed by atoms with Crippen LogP contribution in [-0.4, -0.2) is 5.78 Å². The molecule has 1 nitrogen and oxygen atoms in total. The number of terminal acetylenes is 1. The number of carbonyl (C=O) groups excluding carboxylic acids is 1. The van der Waals surface area contributed by atoms with Gasteiger partial charge < -0.3 is 0 Å². The van der Waals surface area contributed by atoms with E-state index in [2.05, 4.69) is 53.5 Å². The zero-order valence-corrected chi connectivity index (χ0v) is 14.3. The Hall–Kier alpha value is -1.55. The van der Waals surface area contributed by atoms with Crippen LogP contribution in [0, 0.1) is 12.3 Å². The summed E-state index contributed by atoms with van der Waals surface area (Å²) in [5.41, 5.74) is 3.33. The molecule has 1 rings (SSSR count). The normalized spacial score (nSPS) is 12.0. The Morgan fingerprint density at radius 2 is 1.48 bits per heavy atom. The average molecular weight is 284 g/mol. The van der Waals surface area contributed by atoms with Gasteiger partial charge >= 0.3 is 0 Å². The molecule has 0 atom stereocenters. The molecule has 1 aromatic carbocycles. The molecule has 0 saturated carbocycles. The van der Waals surface area contributed by atoms with Crippen molar-refractivity contribution in [1.82, 2.24) is 0 Å². The van der Waals surface area contributed by atoms with Gasteiger partial charge in [0.1, 0.15) is 0 Å².